The molecule has 2 unspecified atom stereocenters. The first-order valence-electron chi connectivity index (χ1n) is 12.3. The van der Waals surface area contributed by atoms with Gasteiger partial charge in [0.05, 0.1) is 29.8 Å². The number of unbranched alkanes of at least 4 members (excludes halogenated alkanes) is 1. The zero-order valence-electron chi connectivity index (χ0n) is 20.3. The Balaban J connectivity index is 1.61. The van der Waals surface area contributed by atoms with Gasteiger partial charge in [-0.25, -0.2) is 0 Å². The lowest BCUT2D eigenvalue weighted by atomic mass is 9.83. The van der Waals surface area contributed by atoms with Crippen molar-refractivity contribution in [3.8, 4) is 5.75 Å². The van der Waals surface area contributed by atoms with E-state index >= 15 is 0 Å². The molecular formula is C27H32ClN3O4. The fourth-order valence-electron chi connectivity index (χ4n) is 5.06. The molecule has 3 amide bonds. The highest BCUT2D eigenvalue weighted by Crippen LogP contribution is 2.41. The highest BCUT2D eigenvalue weighted by atomic mass is 35.5. The Labute approximate surface area is 211 Å². The molecular weight excluding hydrogens is 466 g/mol. The summed E-state index contributed by atoms with van der Waals surface area (Å²) >= 11 is 6.49. The van der Waals surface area contributed by atoms with Crippen LogP contribution in [-0.4, -0.2) is 42.8 Å². The fourth-order valence-corrected chi connectivity index (χ4v) is 5.34. The quantitative estimate of drug-likeness (QED) is 0.544. The van der Waals surface area contributed by atoms with Crippen LogP contribution in [0.2, 0.25) is 5.02 Å². The van der Waals surface area contributed by atoms with Gasteiger partial charge in [-0.2, -0.15) is 0 Å². The predicted octanol–water partition coefficient (Wildman–Crippen LogP) is 5.19. The van der Waals surface area contributed by atoms with Gasteiger partial charge in [-0.15, -0.1) is 0 Å². The van der Waals surface area contributed by atoms with Crippen molar-refractivity contribution >= 4 is 40.7 Å². The molecule has 0 bridgehead atoms. The SMILES string of the molecule is CCCCN1C(=O)CCC(C(=O)Nc2ccc(N3CCCC3=O)c(Cl)c2)C1c1ccccc1OC. The molecule has 0 aromatic heterocycles. The molecule has 2 aromatic carbocycles. The zero-order chi connectivity index (χ0) is 24.9. The molecule has 1 N–H and O–H groups in total. The highest BCUT2D eigenvalue weighted by molar-refractivity contribution is 6.34. The number of rotatable bonds is 8. The van der Waals surface area contributed by atoms with Crippen LogP contribution in [0.15, 0.2) is 42.5 Å². The first-order chi connectivity index (χ1) is 16.9. The lowest BCUT2D eigenvalue weighted by Crippen LogP contribution is -2.47. The minimum absolute atomic E-state index is 0.0566. The summed E-state index contributed by atoms with van der Waals surface area (Å²) in [6.45, 7) is 3.32. The summed E-state index contributed by atoms with van der Waals surface area (Å²) in [5, 5.41) is 3.42. The molecule has 2 fully saturated rings. The second kappa shape index (κ2) is 11.1. The van der Waals surface area contributed by atoms with E-state index in [0.29, 0.717) is 54.5 Å². The van der Waals surface area contributed by atoms with Crippen molar-refractivity contribution in [3.05, 3.63) is 53.1 Å². The zero-order valence-corrected chi connectivity index (χ0v) is 21.0. The summed E-state index contributed by atoms with van der Waals surface area (Å²) in [7, 11) is 1.60. The van der Waals surface area contributed by atoms with Crippen LogP contribution in [0, 0.1) is 5.92 Å². The summed E-state index contributed by atoms with van der Waals surface area (Å²) in [6, 6.07) is 12.4. The number of para-hydroxylation sites is 1. The third-order valence-corrected chi connectivity index (χ3v) is 7.14. The Morgan fingerprint density at radius 3 is 2.63 bits per heavy atom. The largest absolute Gasteiger partial charge is 0.496 e. The van der Waals surface area contributed by atoms with Gasteiger partial charge < -0.3 is 19.9 Å². The molecule has 2 saturated heterocycles. The number of nitrogens with one attached hydrogen (secondary N) is 1. The lowest BCUT2D eigenvalue weighted by Gasteiger charge is -2.41. The number of hydrogen-bond donors (Lipinski definition) is 1. The van der Waals surface area contributed by atoms with Crippen LogP contribution in [0.3, 0.4) is 0 Å². The van der Waals surface area contributed by atoms with Gasteiger partial charge in [-0.1, -0.05) is 43.1 Å². The van der Waals surface area contributed by atoms with E-state index in [9.17, 15) is 14.4 Å². The summed E-state index contributed by atoms with van der Waals surface area (Å²) < 4.78 is 5.60. The predicted molar refractivity (Wildman–Crippen MR) is 137 cm³/mol. The topological polar surface area (TPSA) is 79.0 Å². The number of ether oxygens (including phenoxy) is 1. The summed E-state index contributed by atoms with van der Waals surface area (Å²) in [5.74, 6) is 0.160. The van der Waals surface area contributed by atoms with Gasteiger partial charge >= 0.3 is 0 Å². The van der Waals surface area contributed by atoms with Crippen LogP contribution in [0.1, 0.15) is 57.1 Å². The van der Waals surface area contributed by atoms with Gasteiger partial charge in [0.15, 0.2) is 0 Å². The molecule has 0 saturated carbocycles. The van der Waals surface area contributed by atoms with E-state index in [1.165, 1.54) is 0 Å². The maximum absolute atomic E-state index is 13.6. The maximum atomic E-state index is 13.6. The number of piperidine rings is 1. The number of nitrogens with zero attached hydrogens (tertiary/aromatic N) is 2. The van der Waals surface area contributed by atoms with E-state index in [2.05, 4.69) is 12.2 Å². The number of carbonyl (C=O) groups is 3. The average Bonchev–Trinajstić information content (AvgIpc) is 3.28. The lowest BCUT2D eigenvalue weighted by molar-refractivity contribution is -0.142. The van der Waals surface area contributed by atoms with E-state index in [4.69, 9.17) is 16.3 Å². The molecule has 186 valence electrons. The molecule has 2 aliphatic heterocycles. The summed E-state index contributed by atoms with van der Waals surface area (Å²) in [6.07, 6.45) is 3.91. The van der Waals surface area contributed by atoms with Gasteiger partial charge in [0.25, 0.3) is 0 Å². The minimum Gasteiger partial charge on any atom is -0.496 e. The van der Waals surface area contributed by atoms with Crippen molar-refractivity contribution in [2.24, 2.45) is 5.92 Å². The molecule has 2 aliphatic rings. The minimum atomic E-state index is -0.445. The number of methoxy groups -OCH3 is 1. The van der Waals surface area contributed by atoms with Crippen molar-refractivity contribution in [2.75, 3.05) is 30.4 Å². The van der Waals surface area contributed by atoms with E-state index in [-0.39, 0.29) is 17.7 Å². The Bertz CT molecular complexity index is 1110. The van der Waals surface area contributed by atoms with Crippen LogP contribution in [0.25, 0.3) is 0 Å². The smallest absolute Gasteiger partial charge is 0.229 e. The molecule has 0 aliphatic carbocycles. The van der Waals surface area contributed by atoms with Crippen LogP contribution in [0.4, 0.5) is 11.4 Å². The van der Waals surface area contributed by atoms with Gasteiger partial charge in [0, 0.05) is 37.2 Å². The van der Waals surface area contributed by atoms with Crippen molar-refractivity contribution in [1.82, 2.24) is 4.90 Å². The first kappa shape index (κ1) is 25.0. The number of anilines is 2. The Kier molecular flexibility index (Phi) is 7.96. The Morgan fingerprint density at radius 2 is 1.94 bits per heavy atom. The number of likely N-dealkylation sites (tertiary alicyclic amines) is 1. The molecule has 35 heavy (non-hydrogen) atoms. The normalized spacial score (nSPS) is 20.3. The van der Waals surface area contributed by atoms with Crippen molar-refractivity contribution in [2.45, 2.75) is 51.5 Å². The monoisotopic (exact) mass is 497 g/mol. The molecule has 8 heteroatoms. The van der Waals surface area contributed by atoms with Crippen molar-refractivity contribution in [1.29, 1.82) is 0 Å². The molecule has 0 spiro atoms. The number of carbonyl (C=O) groups excluding carboxylic acids is 3. The fraction of sp³-hybridized carbons (Fsp3) is 0.444. The molecule has 2 aromatic rings. The van der Waals surface area contributed by atoms with E-state index in [1.54, 1.807) is 30.2 Å². The van der Waals surface area contributed by atoms with Crippen LogP contribution in [-0.2, 0) is 14.4 Å². The Morgan fingerprint density at radius 1 is 1.14 bits per heavy atom. The average molecular weight is 498 g/mol. The highest BCUT2D eigenvalue weighted by Gasteiger charge is 2.41. The third-order valence-electron chi connectivity index (χ3n) is 6.83. The Hall–Kier alpha value is -3.06. The first-order valence-corrected chi connectivity index (χ1v) is 12.7. The standard InChI is InChI=1S/C27H32ClN3O4/c1-3-4-15-31-25(33)14-12-20(26(31)19-8-5-6-9-23(19)35-2)27(34)29-18-11-13-22(21(28)17-18)30-16-7-10-24(30)32/h5-6,8-9,11,13,17,20,26H,3-4,7,10,12,14-16H2,1-2H3,(H,29,34). The van der Waals surface area contributed by atoms with Crippen LogP contribution in [0.5, 0.6) is 5.75 Å². The summed E-state index contributed by atoms with van der Waals surface area (Å²) in [5.41, 5.74) is 2.06. The van der Waals surface area contributed by atoms with Gasteiger partial charge in [-0.05, 0) is 43.5 Å². The molecule has 2 heterocycles. The number of halogens is 1. The molecule has 4 rings (SSSR count). The van der Waals surface area contributed by atoms with Crippen molar-refractivity contribution in [3.63, 3.8) is 0 Å². The van der Waals surface area contributed by atoms with Gasteiger partial charge in [0.2, 0.25) is 17.7 Å². The summed E-state index contributed by atoms with van der Waals surface area (Å²) in [4.78, 5) is 42.2. The van der Waals surface area contributed by atoms with Crippen LogP contribution < -0.4 is 15.0 Å². The van der Waals surface area contributed by atoms with E-state index in [0.717, 1.165) is 24.8 Å². The molecule has 7 nitrogen and oxygen atoms in total. The molecule has 0 radical (unpaired) electrons. The van der Waals surface area contributed by atoms with Gasteiger partial charge in [0.1, 0.15) is 5.75 Å². The van der Waals surface area contributed by atoms with Gasteiger partial charge in [-0.3, -0.25) is 14.4 Å². The number of benzene rings is 2. The van der Waals surface area contributed by atoms with E-state index in [1.807, 2.05) is 29.2 Å². The molecule has 2 atom stereocenters. The second-order valence-corrected chi connectivity index (χ2v) is 9.48. The second-order valence-electron chi connectivity index (χ2n) is 9.08. The third kappa shape index (κ3) is 5.30. The number of amides is 3. The number of hydrogen-bond acceptors (Lipinski definition) is 4. The maximum Gasteiger partial charge on any atom is 0.229 e. The van der Waals surface area contributed by atoms with Crippen molar-refractivity contribution < 1.29 is 19.1 Å². The van der Waals surface area contributed by atoms with E-state index < -0.39 is 12.0 Å². The van der Waals surface area contributed by atoms with Crippen LogP contribution >= 0.6 is 11.6 Å².